The number of benzene rings is 1. The average molecular weight is 354 g/mol. The number of pyridine rings is 1. The van der Waals surface area contributed by atoms with Crippen molar-refractivity contribution in [1.82, 2.24) is 9.88 Å². The lowest BCUT2D eigenvalue weighted by Crippen LogP contribution is -2.49. The molecule has 25 heavy (non-hydrogen) atoms. The zero-order valence-corrected chi connectivity index (χ0v) is 15.1. The molecule has 1 amide bonds. The highest BCUT2D eigenvalue weighted by Crippen LogP contribution is 2.38. The Morgan fingerprint density at radius 1 is 1.20 bits per heavy atom. The third-order valence-electron chi connectivity index (χ3n) is 5.18. The molecule has 1 aromatic heterocycles. The minimum absolute atomic E-state index is 0.170. The maximum Gasteiger partial charge on any atom is 0.254 e. The molecule has 2 aliphatic heterocycles. The number of thioether (sulfide) groups is 1. The number of fused-ring (bicyclic) bond motifs is 2. The summed E-state index contributed by atoms with van der Waals surface area (Å²) in [7, 11) is 0. The molecular weight excluding hydrogens is 332 g/mol. The van der Waals surface area contributed by atoms with Crippen LogP contribution in [0.3, 0.4) is 0 Å². The first-order valence-electron chi connectivity index (χ1n) is 8.78. The number of rotatable bonds is 4. The number of amides is 1. The van der Waals surface area contributed by atoms with E-state index in [0.717, 1.165) is 41.9 Å². The first-order valence-corrected chi connectivity index (χ1v) is 10.0. The number of piperidine rings is 1. The molecular formula is C20H22N2O2S. The van der Waals surface area contributed by atoms with E-state index in [1.165, 1.54) is 0 Å². The third-order valence-corrected chi connectivity index (χ3v) is 5.90. The molecule has 2 atom stereocenters. The summed E-state index contributed by atoms with van der Waals surface area (Å²) in [5, 5.41) is 0. The zero-order valence-electron chi connectivity index (χ0n) is 14.3. The SMILES string of the molecule is CSc1cccc(C(=O)N2C3CCC2CC(Oc2cccnc2)C3)c1. The van der Waals surface area contributed by atoms with Gasteiger partial charge in [0.1, 0.15) is 11.9 Å². The van der Waals surface area contributed by atoms with Gasteiger partial charge in [0, 0.05) is 41.6 Å². The quantitative estimate of drug-likeness (QED) is 0.778. The van der Waals surface area contributed by atoms with Crippen molar-refractivity contribution < 1.29 is 9.53 Å². The zero-order chi connectivity index (χ0) is 17.2. The highest BCUT2D eigenvalue weighted by Gasteiger charge is 2.44. The predicted octanol–water partition coefficient (Wildman–Crippen LogP) is 4.02. The smallest absolute Gasteiger partial charge is 0.254 e. The molecule has 2 aliphatic rings. The Kier molecular flexibility index (Phi) is 4.66. The van der Waals surface area contributed by atoms with Gasteiger partial charge in [-0.25, -0.2) is 0 Å². The Morgan fingerprint density at radius 3 is 2.68 bits per heavy atom. The summed E-state index contributed by atoms with van der Waals surface area (Å²) in [5.41, 5.74) is 0.801. The molecule has 0 spiro atoms. The van der Waals surface area contributed by atoms with Crippen molar-refractivity contribution in [2.45, 2.75) is 48.8 Å². The number of carbonyl (C=O) groups is 1. The minimum atomic E-state index is 0.170. The highest BCUT2D eigenvalue weighted by atomic mass is 32.2. The van der Waals surface area contributed by atoms with E-state index < -0.39 is 0 Å². The molecule has 0 N–H and O–H groups in total. The topological polar surface area (TPSA) is 42.4 Å². The van der Waals surface area contributed by atoms with Gasteiger partial charge in [0.15, 0.2) is 0 Å². The summed E-state index contributed by atoms with van der Waals surface area (Å²) < 4.78 is 6.10. The summed E-state index contributed by atoms with van der Waals surface area (Å²) >= 11 is 1.67. The van der Waals surface area contributed by atoms with Gasteiger partial charge in [0.25, 0.3) is 5.91 Å². The number of ether oxygens (including phenoxy) is 1. The van der Waals surface area contributed by atoms with Crippen LogP contribution in [0.4, 0.5) is 0 Å². The number of nitrogens with zero attached hydrogens (tertiary/aromatic N) is 2. The van der Waals surface area contributed by atoms with E-state index in [2.05, 4.69) is 9.88 Å². The fourth-order valence-corrected chi connectivity index (χ4v) is 4.53. The van der Waals surface area contributed by atoms with E-state index >= 15 is 0 Å². The number of hydrogen-bond donors (Lipinski definition) is 0. The third kappa shape index (κ3) is 3.38. The fourth-order valence-electron chi connectivity index (χ4n) is 4.07. The highest BCUT2D eigenvalue weighted by molar-refractivity contribution is 7.98. The monoisotopic (exact) mass is 354 g/mol. The fraction of sp³-hybridized carbons (Fsp3) is 0.400. The van der Waals surface area contributed by atoms with Gasteiger partial charge in [-0.2, -0.15) is 0 Å². The van der Waals surface area contributed by atoms with Crippen molar-refractivity contribution >= 4 is 17.7 Å². The van der Waals surface area contributed by atoms with Crippen molar-refractivity contribution in [1.29, 1.82) is 0 Å². The Hall–Kier alpha value is -2.01. The van der Waals surface area contributed by atoms with Crippen LogP contribution in [0, 0.1) is 0 Å². The number of hydrogen-bond acceptors (Lipinski definition) is 4. The van der Waals surface area contributed by atoms with Crippen LogP contribution in [0.15, 0.2) is 53.7 Å². The molecule has 4 nitrogen and oxygen atoms in total. The van der Waals surface area contributed by atoms with E-state index in [4.69, 9.17) is 4.74 Å². The molecule has 0 radical (unpaired) electrons. The summed E-state index contributed by atoms with van der Waals surface area (Å²) in [6, 6.07) is 12.4. The number of aromatic nitrogens is 1. The molecule has 2 aromatic rings. The second-order valence-electron chi connectivity index (χ2n) is 6.73. The van der Waals surface area contributed by atoms with Crippen molar-refractivity contribution in [2.75, 3.05) is 6.26 Å². The van der Waals surface area contributed by atoms with Gasteiger partial charge in [-0.1, -0.05) is 6.07 Å². The van der Waals surface area contributed by atoms with Crippen molar-refractivity contribution in [2.24, 2.45) is 0 Å². The lowest BCUT2D eigenvalue weighted by atomic mass is 9.98. The van der Waals surface area contributed by atoms with Gasteiger partial charge in [-0.05, 0) is 49.4 Å². The van der Waals surface area contributed by atoms with E-state index in [9.17, 15) is 4.79 Å². The van der Waals surface area contributed by atoms with Gasteiger partial charge in [-0.3, -0.25) is 9.78 Å². The molecule has 130 valence electrons. The standard InChI is InChI=1S/C20H22N2O2S/c1-25-19-6-2-4-14(10-19)20(23)22-15-7-8-16(22)12-18(11-15)24-17-5-3-9-21-13-17/h2-6,9-10,13,15-16,18H,7-8,11-12H2,1H3. The van der Waals surface area contributed by atoms with Crippen LogP contribution in [0.5, 0.6) is 5.75 Å². The number of carbonyl (C=O) groups excluding carboxylic acids is 1. The Balaban J connectivity index is 1.47. The lowest BCUT2D eigenvalue weighted by Gasteiger charge is -2.39. The molecule has 4 rings (SSSR count). The van der Waals surface area contributed by atoms with Gasteiger partial charge >= 0.3 is 0 Å². The Labute approximate surface area is 152 Å². The van der Waals surface area contributed by atoms with Crippen LogP contribution in [-0.2, 0) is 0 Å². The van der Waals surface area contributed by atoms with Crippen LogP contribution in [0.25, 0.3) is 0 Å². The van der Waals surface area contributed by atoms with Crippen LogP contribution in [0.2, 0.25) is 0 Å². The van der Waals surface area contributed by atoms with Crippen LogP contribution < -0.4 is 4.74 Å². The maximum absolute atomic E-state index is 13.1. The maximum atomic E-state index is 13.1. The van der Waals surface area contributed by atoms with Gasteiger partial charge in [0.2, 0.25) is 0 Å². The normalized spacial score (nSPS) is 25.0. The van der Waals surface area contributed by atoms with E-state index in [1.54, 1.807) is 24.2 Å². The second kappa shape index (κ2) is 7.08. The van der Waals surface area contributed by atoms with Crippen molar-refractivity contribution in [3.63, 3.8) is 0 Å². The van der Waals surface area contributed by atoms with Crippen molar-refractivity contribution in [3.8, 4) is 5.75 Å². The van der Waals surface area contributed by atoms with Gasteiger partial charge in [0.05, 0.1) is 6.20 Å². The van der Waals surface area contributed by atoms with Gasteiger partial charge in [-0.15, -0.1) is 11.8 Å². The first kappa shape index (κ1) is 16.5. The summed E-state index contributed by atoms with van der Waals surface area (Å²) in [6.45, 7) is 0. The summed E-state index contributed by atoms with van der Waals surface area (Å²) in [4.78, 5) is 20.4. The molecule has 1 aromatic carbocycles. The molecule has 3 heterocycles. The van der Waals surface area contributed by atoms with E-state index in [-0.39, 0.29) is 24.1 Å². The Morgan fingerprint density at radius 2 is 2.00 bits per heavy atom. The largest absolute Gasteiger partial charge is 0.489 e. The predicted molar refractivity (Wildman–Crippen MR) is 99.1 cm³/mol. The van der Waals surface area contributed by atoms with E-state index in [1.807, 2.05) is 42.7 Å². The molecule has 2 bridgehead atoms. The summed E-state index contributed by atoms with van der Waals surface area (Å²) in [5.74, 6) is 0.988. The van der Waals surface area contributed by atoms with Crippen LogP contribution in [0.1, 0.15) is 36.0 Å². The summed E-state index contributed by atoms with van der Waals surface area (Å²) in [6.07, 6.45) is 9.67. The van der Waals surface area contributed by atoms with E-state index in [0.29, 0.717) is 0 Å². The molecule has 0 saturated carbocycles. The van der Waals surface area contributed by atoms with Crippen LogP contribution >= 0.6 is 11.8 Å². The molecule has 2 fully saturated rings. The average Bonchev–Trinajstić information content (AvgIpc) is 2.92. The minimum Gasteiger partial charge on any atom is -0.489 e. The molecule has 0 aliphatic carbocycles. The Bertz CT molecular complexity index is 738. The second-order valence-corrected chi connectivity index (χ2v) is 7.61. The lowest BCUT2D eigenvalue weighted by molar-refractivity contribution is 0.0358. The van der Waals surface area contributed by atoms with Crippen molar-refractivity contribution in [3.05, 3.63) is 54.4 Å². The van der Waals surface area contributed by atoms with Crippen LogP contribution in [-0.4, -0.2) is 40.2 Å². The molecule has 2 saturated heterocycles. The first-order chi connectivity index (χ1) is 12.2. The van der Waals surface area contributed by atoms with Gasteiger partial charge < -0.3 is 9.64 Å². The molecule has 2 unspecified atom stereocenters. The molecule has 5 heteroatoms.